The summed E-state index contributed by atoms with van der Waals surface area (Å²) in [7, 11) is -16.1. The molecule has 3 aliphatic heterocycles. The molecule has 3 aliphatic rings. The van der Waals surface area contributed by atoms with Crippen LogP contribution in [0.1, 0.15) is 98.7 Å². The summed E-state index contributed by atoms with van der Waals surface area (Å²) in [6.45, 7) is 9.37. The van der Waals surface area contributed by atoms with E-state index in [-0.39, 0.29) is 64.3 Å². The number of para-hydroxylation sites is 2. The fraction of sp³-hybridized carbons (Fsp3) is 0.392. The van der Waals surface area contributed by atoms with Crippen molar-refractivity contribution in [1.82, 2.24) is 14.7 Å². The number of piperidine rings is 2. The van der Waals surface area contributed by atoms with E-state index in [1.807, 2.05) is 4.90 Å². The number of carbonyl (C=O) groups is 3. The highest BCUT2D eigenvalue weighted by molar-refractivity contribution is 7.92. The SMILES string of the molecule is CC(COC(=O)N1CCN(c2ccccc2NS(C)(=O)=O)CC1)C(c1cc(F)ccc1F)S(=O)(=O)c1ccc(Cl)cc1.CCC1CCN(C(=O)OC[C@@H](C)[C@@H](c2cc(F)ccc2F)S(=O)(=O)c2ccc(Cl)cc2)CC1.C[C@H](COC(=O)N1CCCCC1)[C@@H](c1cc(F)ccc1F)S(=O)(=O)c1ccc(Cl)cc1. The number of nitrogens with one attached hydrogen (secondary N) is 1. The highest BCUT2D eigenvalue weighted by atomic mass is 35.5. The highest BCUT2D eigenvalue weighted by Crippen LogP contribution is 2.42. The third-order valence-corrected chi connectivity index (χ3v) is 26.6. The summed E-state index contributed by atoms with van der Waals surface area (Å²) in [6, 6.07) is 31.1. The predicted octanol–water partition coefficient (Wildman–Crippen LogP) is 16.5. The van der Waals surface area contributed by atoms with Crippen molar-refractivity contribution in [2.24, 2.45) is 23.7 Å². The van der Waals surface area contributed by atoms with Crippen LogP contribution >= 0.6 is 34.8 Å². The normalized spacial score (nSPS) is 16.3. The van der Waals surface area contributed by atoms with Crippen LogP contribution in [-0.2, 0) is 53.7 Å². The summed E-state index contributed by atoms with van der Waals surface area (Å²) in [5, 5.41) is -3.49. The molecule has 19 nitrogen and oxygen atoms in total. The van der Waals surface area contributed by atoms with Gasteiger partial charge in [0.2, 0.25) is 10.0 Å². The molecule has 2 unspecified atom stereocenters. The number of benzene rings is 7. The second-order valence-electron chi connectivity index (χ2n) is 26.2. The van der Waals surface area contributed by atoms with Gasteiger partial charge in [-0.2, -0.15) is 0 Å². The number of rotatable bonds is 22. The molecule has 0 bridgehead atoms. The van der Waals surface area contributed by atoms with E-state index in [2.05, 4.69) is 11.6 Å². The molecular weight excluding hydrogens is 1530 g/mol. The van der Waals surface area contributed by atoms with Gasteiger partial charge in [0.05, 0.1) is 67.9 Å². The first-order valence-corrected chi connectivity index (χ1v) is 41.7. The Kier molecular flexibility index (Phi) is 29.5. The smallest absolute Gasteiger partial charge is 0.409 e. The van der Waals surface area contributed by atoms with E-state index in [1.54, 1.807) is 41.0 Å². The molecule has 10 rings (SSSR count). The summed E-state index contributed by atoms with van der Waals surface area (Å²) in [5.41, 5.74) is 0.0940. The molecule has 3 amide bonds. The Hall–Kier alpha value is -7.80. The van der Waals surface area contributed by atoms with Crippen molar-refractivity contribution in [3.05, 3.63) is 218 Å². The number of nitrogens with zero attached hydrogens (tertiary/aromatic N) is 4. The van der Waals surface area contributed by atoms with Gasteiger partial charge in [0.1, 0.15) is 34.9 Å². The zero-order valence-electron chi connectivity index (χ0n) is 58.5. The molecule has 7 aromatic rings. The number of piperazine rings is 1. The first kappa shape index (κ1) is 83.8. The maximum absolute atomic E-state index is 14.9. The van der Waals surface area contributed by atoms with Crippen LogP contribution in [0.4, 0.5) is 52.1 Å². The van der Waals surface area contributed by atoms with Gasteiger partial charge in [-0.1, -0.05) is 81.1 Å². The monoisotopic (exact) mass is 1610 g/mol. The fourth-order valence-electron chi connectivity index (χ4n) is 12.8. The van der Waals surface area contributed by atoms with Gasteiger partial charge >= 0.3 is 18.3 Å². The molecule has 3 saturated heterocycles. The highest BCUT2D eigenvalue weighted by Gasteiger charge is 2.41. The molecule has 0 radical (unpaired) electrons. The van der Waals surface area contributed by atoms with Crippen molar-refractivity contribution < 1.29 is 88.6 Å². The predicted molar refractivity (Wildman–Crippen MR) is 393 cm³/mol. The number of sulfonamides is 1. The van der Waals surface area contributed by atoms with E-state index in [9.17, 15) is 74.4 Å². The summed E-state index contributed by atoms with van der Waals surface area (Å²) >= 11 is 17.6. The van der Waals surface area contributed by atoms with Crippen LogP contribution in [0.15, 0.2) is 166 Å². The van der Waals surface area contributed by atoms with Crippen molar-refractivity contribution in [2.45, 2.75) is 96.7 Å². The molecule has 7 aromatic carbocycles. The zero-order chi connectivity index (χ0) is 77.4. The van der Waals surface area contributed by atoms with Crippen LogP contribution < -0.4 is 9.62 Å². The third kappa shape index (κ3) is 22.2. The van der Waals surface area contributed by atoms with E-state index in [1.165, 1.54) is 91.5 Å². The Morgan fingerprint density at radius 3 is 1.09 bits per heavy atom. The second-order valence-corrected chi connectivity index (χ2v) is 35.4. The number of sulfone groups is 3. The Labute approximate surface area is 629 Å². The van der Waals surface area contributed by atoms with E-state index < -0.39 is 126 Å². The second kappa shape index (κ2) is 37.3. The zero-order valence-corrected chi connectivity index (χ0v) is 64.1. The molecule has 0 saturated carbocycles. The summed E-state index contributed by atoms with van der Waals surface area (Å²) in [6.07, 6.45) is 4.96. The molecule has 0 aliphatic carbocycles. The minimum absolute atomic E-state index is 0.0830. The van der Waals surface area contributed by atoms with Crippen molar-refractivity contribution in [1.29, 1.82) is 0 Å². The van der Waals surface area contributed by atoms with Crippen LogP contribution in [0.2, 0.25) is 15.1 Å². The molecule has 6 atom stereocenters. The largest absolute Gasteiger partial charge is 0.449 e. The van der Waals surface area contributed by atoms with Gasteiger partial charge in [-0.3, -0.25) is 4.72 Å². The maximum atomic E-state index is 14.9. The molecule has 3 heterocycles. The number of carbonyl (C=O) groups excluding carboxylic acids is 3. The summed E-state index contributed by atoms with van der Waals surface area (Å²) in [4.78, 5) is 44.1. The molecular formula is C74H82Cl3F6N5O14S4. The standard InChI is InChI=1S/C28H30ClF2N3O6S2.C24H28ClF2NO4S.C22H24ClF2NO4S/c1-19(27(23-17-21(30)9-12-24(23)31)42(38,39)22-10-7-20(29)8-11-22)18-40-28(35)34-15-13-33(14-16-34)26-6-4-3-5-25(26)32-41(2,36)37;1-3-17-10-12-28(13-11-17)24(29)32-15-16(2)23(21-14-19(26)6-9-22(21)27)33(30,31)20-7-4-18(25)5-8-20;1-15(14-30-22(27)26-11-3-2-4-12-26)21(19-13-17(24)7-10-20(19)25)31(28,29)18-8-5-16(23)6-9-18/h3-12,17,19,27,32H,13-16,18H2,1-2H3;4-9,14,16-17,23H,3,10-13,15H2,1-2H3;5-10,13,15,21H,2-4,11-12,14H2,1H3/t;16-,23+;15-,21+/m.11/s1. The molecule has 0 aromatic heterocycles. The molecule has 3 fully saturated rings. The minimum atomic E-state index is -4.26. The third-order valence-electron chi connectivity index (χ3n) is 18.3. The van der Waals surface area contributed by atoms with E-state index in [0.29, 0.717) is 71.6 Å². The first-order valence-electron chi connectivity index (χ1n) is 34.0. The van der Waals surface area contributed by atoms with Crippen molar-refractivity contribution in [2.75, 3.05) is 88.1 Å². The van der Waals surface area contributed by atoms with Crippen molar-refractivity contribution >= 4 is 104 Å². The maximum Gasteiger partial charge on any atom is 0.409 e. The lowest BCUT2D eigenvalue weighted by Crippen LogP contribution is -2.49. The first-order chi connectivity index (χ1) is 50.1. The molecule has 106 heavy (non-hydrogen) atoms. The number of likely N-dealkylation sites (tertiary alicyclic amines) is 2. The van der Waals surface area contributed by atoms with Gasteiger partial charge in [0, 0.05) is 102 Å². The number of anilines is 2. The summed E-state index contributed by atoms with van der Waals surface area (Å²) < 4.78 is 209. The van der Waals surface area contributed by atoms with Gasteiger partial charge in [-0.05, 0) is 178 Å². The number of ether oxygens (including phenoxy) is 3. The average molecular weight is 1610 g/mol. The van der Waals surface area contributed by atoms with Gasteiger partial charge < -0.3 is 33.8 Å². The Bertz CT molecular complexity index is 4660. The number of halogens is 9. The van der Waals surface area contributed by atoms with Crippen molar-refractivity contribution in [3.8, 4) is 0 Å². The summed E-state index contributed by atoms with van der Waals surface area (Å²) in [5.74, 6) is -6.99. The van der Waals surface area contributed by atoms with Crippen LogP contribution in [0.25, 0.3) is 0 Å². The van der Waals surface area contributed by atoms with Gasteiger partial charge in [0.25, 0.3) is 0 Å². The topological polar surface area (TPSA) is 240 Å². The average Bonchev–Trinajstić information content (AvgIpc) is 0.784. The Morgan fingerprint density at radius 1 is 0.443 bits per heavy atom. The van der Waals surface area contributed by atoms with E-state index in [0.717, 1.165) is 99.4 Å². The van der Waals surface area contributed by atoms with Crippen LogP contribution in [0.3, 0.4) is 0 Å². The molecule has 0 spiro atoms. The molecule has 1 N–H and O–H groups in total. The lowest BCUT2D eigenvalue weighted by atomic mass is 9.95. The Balaban J connectivity index is 0.000000204. The number of hydrogen-bond acceptors (Lipinski definition) is 15. The number of hydrogen-bond donors (Lipinski definition) is 1. The van der Waals surface area contributed by atoms with Crippen molar-refractivity contribution in [3.63, 3.8) is 0 Å². The van der Waals surface area contributed by atoms with E-state index in [4.69, 9.17) is 49.0 Å². The van der Waals surface area contributed by atoms with Gasteiger partial charge in [-0.15, -0.1) is 0 Å². The molecule has 574 valence electrons. The lowest BCUT2D eigenvalue weighted by molar-refractivity contribution is 0.0759. The van der Waals surface area contributed by atoms with Crippen LogP contribution in [0, 0.1) is 58.6 Å². The molecule has 32 heteroatoms. The van der Waals surface area contributed by atoms with E-state index >= 15 is 0 Å². The van der Waals surface area contributed by atoms with Crippen LogP contribution in [0.5, 0.6) is 0 Å². The van der Waals surface area contributed by atoms with Gasteiger partial charge in [-0.25, -0.2) is 74.4 Å². The van der Waals surface area contributed by atoms with Crippen LogP contribution in [-0.4, -0.2) is 145 Å². The Morgan fingerprint density at radius 2 is 0.764 bits per heavy atom. The lowest BCUT2D eigenvalue weighted by Gasteiger charge is -2.36. The number of amides is 3. The van der Waals surface area contributed by atoms with Gasteiger partial charge in [0.15, 0.2) is 29.5 Å². The fourth-order valence-corrected chi connectivity index (χ4v) is 19.8. The quantitative estimate of drug-likeness (QED) is 0.0490. The minimum Gasteiger partial charge on any atom is -0.449 e.